The van der Waals surface area contributed by atoms with Crippen molar-refractivity contribution >= 4 is 11.9 Å². The number of hydrogen-bond acceptors (Lipinski definition) is 7. The maximum atomic E-state index is 11.2. The van der Waals surface area contributed by atoms with E-state index in [2.05, 4.69) is 15.0 Å². The summed E-state index contributed by atoms with van der Waals surface area (Å²) in [6.07, 6.45) is 0.423. The summed E-state index contributed by atoms with van der Waals surface area (Å²) in [4.78, 5) is 35.1. The number of aliphatic hydroxyl groups excluding tert-OH is 1. The van der Waals surface area contributed by atoms with E-state index in [4.69, 9.17) is 9.84 Å². The van der Waals surface area contributed by atoms with Crippen molar-refractivity contribution < 1.29 is 29.6 Å². The van der Waals surface area contributed by atoms with Gasteiger partial charge < -0.3 is 20.1 Å². The Hall–Kier alpha value is -3.85. The second kappa shape index (κ2) is 8.89. The second-order valence-corrected chi connectivity index (χ2v) is 5.93. The van der Waals surface area contributed by atoms with Crippen LogP contribution in [0.4, 0.5) is 0 Å². The number of nitrogens with zero attached hydrogens (tertiary/aromatic N) is 3. The van der Waals surface area contributed by atoms with Crippen molar-refractivity contribution in [2.24, 2.45) is 0 Å². The number of ether oxygens (including phenoxy) is 1. The van der Waals surface area contributed by atoms with Crippen LogP contribution in [-0.4, -0.2) is 55.4 Å². The van der Waals surface area contributed by atoms with Crippen LogP contribution < -0.4 is 4.74 Å². The summed E-state index contributed by atoms with van der Waals surface area (Å²) in [5, 5.41) is 27.3. The molecule has 0 unspecified atom stereocenters. The van der Waals surface area contributed by atoms with Gasteiger partial charge in [0.05, 0.1) is 29.4 Å². The van der Waals surface area contributed by atoms with Crippen molar-refractivity contribution in [2.45, 2.75) is 6.42 Å². The van der Waals surface area contributed by atoms with Crippen LogP contribution in [0, 0.1) is 0 Å². The van der Waals surface area contributed by atoms with Crippen molar-refractivity contribution in [2.75, 3.05) is 13.2 Å². The molecule has 148 valence electrons. The monoisotopic (exact) mass is 395 g/mol. The molecule has 3 aromatic heterocycles. The van der Waals surface area contributed by atoms with Gasteiger partial charge in [-0.2, -0.15) is 0 Å². The van der Waals surface area contributed by atoms with Gasteiger partial charge in [-0.05, 0) is 24.3 Å². The third-order valence-corrected chi connectivity index (χ3v) is 3.83. The lowest BCUT2D eigenvalue weighted by Gasteiger charge is -2.11. The number of rotatable bonds is 8. The highest BCUT2D eigenvalue weighted by Crippen LogP contribution is 2.27. The maximum absolute atomic E-state index is 11.2. The molecule has 3 aromatic rings. The Morgan fingerprint density at radius 1 is 0.793 bits per heavy atom. The number of pyridine rings is 3. The molecule has 0 aliphatic carbocycles. The molecular formula is C20H17N3O6. The largest absolute Gasteiger partial charge is 0.493 e. The van der Waals surface area contributed by atoms with Gasteiger partial charge in [0.2, 0.25) is 0 Å². The van der Waals surface area contributed by atoms with E-state index in [1.807, 2.05) is 0 Å². The molecule has 3 N–H and O–H groups in total. The predicted molar refractivity (Wildman–Crippen MR) is 102 cm³/mol. The maximum Gasteiger partial charge on any atom is 0.354 e. The van der Waals surface area contributed by atoms with Crippen LogP contribution in [0.2, 0.25) is 0 Å². The van der Waals surface area contributed by atoms with E-state index >= 15 is 0 Å². The summed E-state index contributed by atoms with van der Waals surface area (Å²) < 4.78 is 5.64. The number of carboxylic acids is 2. The quantitative estimate of drug-likeness (QED) is 0.490. The molecule has 0 atom stereocenters. The normalized spacial score (nSPS) is 10.5. The smallest absolute Gasteiger partial charge is 0.354 e. The predicted octanol–water partition coefficient (Wildman–Crippen LogP) is 2.36. The lowest BCUT2D eigenvalue weighted by Crippen LogP contribution is -2.04. The Morgan fingerprint density at radius 2 is 1.31 bits per heavy atom. The topological polar surface area (TPSA) is 143 Å². The van der Waals surface area contributed by atoms with Crippen molar-refractivity contribution in [3.63, 3.8) is 0 Å². The van der Waals surface area contributed by atoms with Gasteiger partial charge in [-0.3, -0.25) is 0 Å². The van der Waals surface area contributed by atoms with E-state index in [0.717, 1.165) is 0 Å². The molecule has 0 saturated heterocycles. The summed E-state index contributed by atoms with van der Waals surface area (Å²) >= 11 is 0. The Labute approximate surface area is 165 Å². The minimum absolute atomic E-state index is 0.0325. The molecule has 0 aliphatic rings. The summed E-state index contributed by atoms with van der Waals surface area (Å²) in [5.41, 5.74) is 1.03. The molecule has 29 heavy (non-hydrogen) atoms. The average Bonchev–Trinajstić information content (AvgIpc) is 2.74. The zero-order valence-corrected chi connectivity index (χ0v) is 15.1. The molecule has 9 nitrogen and oxygen atoms in total. The van der Waals surface area contributed by atoms with E-state index < -0.39 is 11.9 Å². The molecule has 0 aliphatic heterocycles. The van der Waals surface area contributed by atoms with Crippen LogP contribution in [0.5, 0.6) is 5.75 Å². The van der Waals surface area contributed by atoms with Crippen LogP contribution in [0.25, 0.3) is 22.8 Å². The van der Waals surface area contributed by atoms with Crippen molar-refractivity contribution in [1.29, 1.82) is 0 Å². The average molecular weight is 395 g/mol. The fraction of sp³-hybridized carbons (Fsp3) is 0.150. The van der Waals surface area contributed by atoms with E-state index in [1.165, 1.54) is 12.1 Å². The lowest BCUT2D eigenvalue weighted by molar-refractivity contribution is 0.0680. The summed E-state index contributed by atoms with van der Waals surface area (Å²) in [5.74, 6) is -1.93. The molecule has 0 aromatic carbocycles. The molecule has 9 heteroatoms. The van der Waals surface area contributed by atoms with Crippen LogP contribution in [0.3, 0.4) is 0 Å². The summed E-state index contributed by atoms with van der Waals surface area (Å²) in [7, 11) is 0. The first-order valence-electron chi connectivity index (χ1n) is 8.65. The minimum atomic E-state index is -1.17. The molecular weight excluding hydrogens is 378 g/mol. The molecule has 3 heterocycles. The number of hydrogen-bond donors (Lipinski definition) is 3. The first-order valence-corrected chi connectivity index (χ1v) is 8.65. The number of aromatic nitrogens is 3. The lowest BCUT2D eigenvalue weighted by atomic mass is 10.1. The van der Waals surface area contributed by atoms with Gasteiger partial charge in [0.1, 0.15) is 17.1 Å². The van der Waals surface area contributed by atoms with Gasteiger partial charge >= 0.3 is 11.9 Å². The van der Waals surface area contributed by atoms with Gasteiger partial charge in [0, 0.05) is 25.2 Å². The molecule has 0 amide bonds. The SMILES string of the molecule is O=C(O)c1cccc(-c2cc(OCCCO)cc(-c3cccc(C(=O)O)n3)n2)n1. The first kappa shape index (κ1) is 19.9. The zero-order chi connectivity index (χ0) is 20.8. The molecule has 0 spiro atoms. The van der Waals surface area contributed by atoms with Gasteiger partial charge in [0.25, 0.3) is 0 Å². The van der Waals surface area contributed by atoms with Gasteiger partial charge in [-0.25, -0.2) is 24.5 Å². The number of carbonyl (C=O) groups is 2. The fourth-order valence-electron chi connectivity index (χ4n) is 2.50. The summed E-state index contributed by atoms with van der Waals surface area (Å²) in [6, 6.07) is 12.2. The van der Waals surface area contributed by atoms with Crippen molar-refractivity contribution in [1.82, 2.24) is 15.0 Å². The van der Waals surface area contributed by atoms with Crippen LogP contribution in [0.1, 0.15) is 27.4 Å². The minimum Gasteiger partial charge on any atom is -0.493 e. The highest BCUT2D eigenvalue weighted by molar-refractivity contribution is 5.86. The Kier molecular flexibility index (Phi) is 6.10. The number of carboxylic acid groups (broad SMARTS) is 2. The fourth-order valence-corrected chi connectivity index (χ4v) is 2.50. The van der Waals surface area contributed by atoms with E-state index in [9.17, 15) is 19.8 Å². The van der Waals surface area contributed by atoms with Crippen molar-refractivity contribution in [3.05, 3.63) is 59.9 Å². The van der Waals surface area contributed by atoms with Crippen LogP contribution >= 0.6 is 0 Å². The molecule has 0 saturated carbocycles. The summed E-state index contributed by atoms with van der Waals surface area (Å²) in [6.45, 7) is 0.222. The Bertz CT molecular complexity index is 978. The Morgan fingerprint density at radius 3 is 1.76 bits per heavy atom. The second-order valence-electron chi connectivity index (χ2n) is 5.93. The van der Waals surface area contributed by atoms with E-state index in [-0.39, 0.29) is 24.6 Å². The number of aromatic carboxylic acids is 2. The van der Waals surface area contributed by atoms with Gasteiger partial charge in [-0.15, -0.1) is 0 Å². The van der Waals surface area contributed by atoms with Crippen molar-refractivity contribution in [3.8, 4) is 28.5 Å². The molecule has 0 fully saturated rings. The molecule has 0 bridgehead atoms. The number of aliphatic hydroxyl groups is 1. The zero-order valence-electron chi connectivity index (χ0n) is 15.1. The standard InChI is InChI=1S/C20H17N3O6/c24-8-3-9-29-12-10-17(13-4-1-6-15(21-13)19(25)26)23-18(11-12)14-5-2-7-16(22-14)20(27)28/h1-2,4-7,10-11,24H,3,8-9H2,(H,25,26)(H,27,28). The van der Waals surface area contributed by atoms with Crippen LogP contribution in [-0.2, 0) is 0 Å². The Balaban J connectivity index is 2.09. The van der Waals surface area contributed by atoms with Crippen LogP contribution in [0.15, 0.2) is 48.5 Å². The first-order chi connectivity index (χ1) is 14.0. The molecule has 0 radical (unpaired) electrons. The third-order valence-electron chi connectivity index (χ3n) is 3.83. The molecule has 3 rings (SSSR count). The highest BCUT2D eigenvalue weighted by atomic mass is 16.5. The van der Waals surface area contributed by atoms with Gasteiger partial charge in [-0.1, -0.05) is 12.1 Å². The highest BCUT2D eigenvalue weighted by Gasteiger charge is 2.14. The van der Waals surface area contributed by atoms with E-state index in [1.54, 1.807) is 36.4 Å². The van der Waals surface area contributed by atoms with Gasteiger partial charge in [0.15, 0.2) is 0 Å². The van der Waals surface area contributed by atoms with E-state index in [0.29, 0.717) is 34.9 Å². The third kappa shape index (κ3) is 4.90.